The second-order valence-corrected chi connectivity index (χ2v) is 4.45. The Kier molecular flexibility index (Phi) is 3.79. The van der Waals surface area contributed by atoms with Crippen molar-refractivity contribution < 1.29 is 0 Å². The summed E-state index contributed by atoms with van der Waals surface area (Å²) >= 11 is 0. The summed E-state index contributed by atoms with van der Waals surface area (Å²) in [6.07, 6.45) is 2.77. The number of likely N-dealkylation sites (tertiary alicyclic amines) is 1. The smallest absolute Gasteiger partial charge is 0.0121 e. The minimum atomic E-state index is 0.875. The lowest BCUT2D eigenvalue weighted by Gasteiger charge is -2.40. The number of rotatable bonds is 2. The fourth-order valence-electron chi connectivity index (χ4n) is 2.65. The topological polar surface area (TPSA) is 18.5 Å². The molecule has 2 aliphatic heterocycles. The van der Waals surface area contributed by atoms with Crippen molar-refractivity contribution in [2.45, 2.75) is 25.8 Å². The van der Waals surface area contributed by atoms with Gasteiger partial charge >= 0.3 is 0 Å². The van der Waals surface area contributed by atoms with E-state index in [9.17, 15) is 0 Å². The third-order valence-electron chi connectivity index (χ3n) is 3.67. The highest BCUT2D eigenvalue weighted by Gasteiger charge is 2.24. The van der Waals surface area contributed by atoms with Crippen molar-refractivity contribution in [2.24, 2.45) is 0 Å². The van der Waals surface area contributed by atoms with Gasteiger partial charge < -0.3 is 10.2 Å². The molecule has 2 aliphatic rings. The first-order valence-electron chi connectivity index (χ1n) is 6.07. The number of nitrogens with one attached hydrogen (secondary N) is 1. The second-order valence-electron chi connectivity index (χ2n) is 4.45. The van der Waals surface area contributed by atoms with E-state index < -0.39 is 0 Å². The Hall–Kier alpha value is -0.120. The molecule has 0 aromatic heterocycles. The number of nitrogens with zero attached hydrogens (tertiary/aromatic N) is 2. The molecule has 1 N–H and O–H groups in total. The van der Waals surface area contributed by atoms with Crippen LogP contribution in [0.5, 0.6) is 0 Å². The molecule has 0 aromatic rings. The maximum Gasteiger partial charge on any atom is 0.0121 e. The van der Waals surface area contributed by atoms with E-state index in [0.717, 1.165) is 6.04 Å². The number of hydrogen-bond donors (Lipinski definition) is 1. The summed E-state index contributed by atoms with van der Waals surface area (Å²) in [5, 5.41) is 3.42. The van der Waals surface area contributed by atoms with Gasteiger partial charge in [-0.3, -0.25) is 4.90 Å². The summed E-state index contributed by atoms with van der Waals surface area (Å²) in [5.41, 5.74) is 0. The Balaban J connectivity index is 1.76. The van der Waals surface area contributed by atoms with Crippen LogP contribution in [0.2, 0.25) is 0 Å². The molecule has 0 radical (unpaired) electrons. The van der Waals surface area contributed by atoms with E-state index in [0.29, 0.717) is 0 Å². The fourth-order valence-corrected chi connectivity index (χ4v) is 2.65. The molecular weight excluding hydrogens is 174 g/mol. The molecule has 3 nitrogen and oxygen atoms in total. The summed E-state index contributed by atoms with van der Waals surface area (Å²) in [6, 6.07) is 0.875. The van der Waals surface area contributed by atoms with Gasteiger partial charge in [0.1, 0.15) is 0 Å². The summed E-state index contributed by atoms with van der Waals surface area (Å²) < 4.78 is 0. The van der Waals surface area contributed by atoms with Crippen LogP contribution < -0.4 is 5.32 Å². The molecule has 0 spiro atoms. The van der Waals surface area contributed by atoms with Crippen LogP contribution in [-0.4, -0.2) is 61.7 Å². The van der Waals surface area contributed by atoms with Gasteiger partial charge in [-0.1, -0.05) is 6.92 Å². The average molecular weight is 197 g/mol. The van der Waals surface area contributed by atoms with Crippen LogP contribution in [-0.2, 0) is 0 Å². The molecule has 0 amide bonds. The van der Waals surface area contributed by atoms with E-state index in [2.05, 4.69) is 22.0 Å². The van der Waals surface area contributed by atoms with Crippen LogP contribution in [0.3, 0.4) is 0 Å². The van der Waals surface area contributed by atoms with Gasteiger partial charge in [0, 0.05) is 32.2 Å². The molecule has 3 heteroatoms. The molecule has 0 aromatic carbocycles. The number of piperidine rings is 1. The quantitative estimate of drug-likeness (QED) is 0.690. The predicted molar refractivity (Wildman–Crippen MR) is 59.6 cm³/mol. The molecular formula is C11H23N3. The molecule has 0 atom stereocenters. The SMILES string of the molecule is CCN1CCC(N2CCNCC2)CC1. The van der Waals surface area contributed by atoms with Gasteiger partial charge in [0.05, 0.1) is 0 Å². The first-order valence-corrected chi connectivity index (χ1v) is 6.07. The Morgan fingerprint density at radius 3 is 2.29 bits per heavy atom. The van der Waals surface area contributed by atoms with Gasteiger partial charge in [0.2, 0.25) is 0 Å². The van der Waals surface area contributed by atoms with Crippen LogP contribution >= 0.6 is 0 Å². The summed E-state index contributed by atoms with van der Waals surface area (Å²) in [7, 11) is 0. The van der Waals surface area contributed by atoms with Crippen molar-refractivity contribution in [3.05, 3.63) is 0 Å². The van der Waals surface area contributed by atoms with Gasteiger partial charge in [-0.05, 0) is 32.5 Å². The first-order chi connectivity index (χ1) is 6.90. The standard InChI is InChI=1S/C11H23N3/c1-2-13-7-3-11(4-8-13)14-9-5-12-6-10-14/h11-12H,2-10H2,1H3. The molecule has 82 valence electrons. The maximum atomic E-state index is 3.42. The van der Waals surface area contributed by atoms with Crippen LogP contribution in [0.1, 0.15) is 19.8 Å². The lowest BCUT2D eigenvalue weighted by Crippen LogP contribution is -2.51. The lowest BCUT2D eigenvalue weighted by atomic mass is 10.0. The average Bonchev–Trinajstić information content (AvgIpc) is 2.30. The van der Waals surface area contributed by atoms with Gasteiger partial charge in [0.15, 0.2) is 0 Å². The zero-order valence-corrected chi connectivity index (χ0v) is 9.34. The fraction of sp³-hybridized carbons (Fsp3) is 1.00. The monoisotopic (exact) mass is 197 g/mol. The van der Waals surface area contributed by atoms with Gasteiger partial charge in [-0.15, -0.1) is 0 Å². The summed E-state index contributed by atoms with van der Waals surface area (Å²) in [5.74, 6) is 0. The molecule has 2 saturated heterocycles. The third-order valence-corrected chi connectivity index (χ3v) is 3.67. The zero-order chi connectivity index (χ0) is 9.80. The Labute approximate surface area is 87.4 Å². The highest BCUT2D eigenvalue weighted by molar-refractivity contribution is 4.81. The van der Waals surface area contributed by atoms with Crippen molar-refractivity contribution >= 4 is 0 Å². The third kappa shape index (κ3) is 2.47. The highest BCUT2D eigenvalue weighted by atomic mass is 15.2. The van der Waals surface area contributed by atoms with Crippen molar-refractivity contribution in [1.29, 1.82) is 0 Å². The Bertz CT molecular complexity index is 158. The zero-order valence-electron chi connectivity index (χ0n) is 9.34. The van der Waals surface area contributed by atoms with E-state index in [1.54, 1.807) is 0 Å². The van der Waals surface area contributed by atoms with E-state index in [4.69, 9.17) is 0 Å². The molecule has 2 fully saturated rings. The summed E-state index contributed by atoms with van der Waals surface area (Å²) in [6.45, 7) is 11.0. The Morgan fingerprint density at radius 2 is 1.71 bits per heavy atom. The van der Waals surface area contributed by atoms with E-state index >= 15 is 0 Å². The maximum absolute atomic E-state index is 3.42. The first kappa shape index (κ1) is 10.4. The normalized spacial score (nSPS) is 28.1. The van der Waals surface area contributed by atoms with Crippen molar-refractivity contribution in [1.82, 2.24) is 15.1 Å². The van der Waals surface area contributed by atoms with Crippen LogP contribution in [0.25, 0.3) is 0 Å². The molecule has 2 rings (SSSR count). The van der Waals surface area contributed by atoms with E-state index in [-0.39, 0.29) is 0 Å². The lowest BCUT2D eigenvalue weighted by molar-refractivity contribution is 0.100. The molecule has 14 heavy (non-hydrogen) atoms. The van der Waals surface area contributed by atoms with Crippen LogP contribution in [0.15, 0.2) is 0 Å². The van der Waals surface area contributed by atoms with Crippen molar-refractivity contribution in [2.75, 3.05) is 45.8 Å². The van der Waals surface area contributed by atoms with Gasteiger partial charge in [-0.25, -0.2) is 0 Å². The largest absolute Gasteiger partial charge is 0.314 e. The van der Waals surface area contributed by atoms with Crippen molar-refractivity contribution in [3.8, 4) is 0 Å². The van der Waals surface area contributed by atoms with Gasteiger partial charge in [0.25, 0.3) is 0 Å². The van der Waals surface area contributed by atoms with Crippen LogP contribution in [0.4, 0.5) is 0 Å². The van der Waals surface area contributed by atoms with Crippen molar-refractivity contribution in [3.63, 3.8) is 0 Å². The second kappa shape index (κ2) is 5.10. The van der Waals surface area contributed by atoms with Gasteiger partial charge in [-0.2, -0.15) is 0 Å². The number of hydrogen-bond acceptors (Lipinski definition) is 3. The molecule has 2 heterocycles. The predicted octanol–water partition coefficient (Wildman–Crippen LogP) is 0.376. The summed E-state index contributed by atoms with van der Waals surface area (Å²) in [4.78, 5) is 5.25. The molecule has 0 bridgehead atoms. The van der Waals surface area contributed by atoms with Crippen LogP contribution in [0, 0.1) is 0 Å². The van der Waals surface area contributed by atoms with E-state index in [1.807, 2.05) is 0 Å². The molecule has 0 saturated carbocycles. The Morgan fingerprint density at radius 1 is 1.07 bits per heavy atom. The molecule has 0 unspecified atom stereocenters. The minimum Gasteiger partial charge on any atom is -0.314 e. The number of piperazine rings is 1. The van der Waals surface area contributed by atoms with E-state index in [1.165, 1.54) is 58.7 Å². The highest BCUT2D eigenvalue weighted by Crippen LogP contribution is 2.16. The minimum absolute atomic E-state index is 0.875. The molecule has 0 aliphatic carbocycles.